The predicted octanol–water partition coefficient (Wildman–Crippen LogP) is 2.54. The molecule has 5 heterocycles. The van der Waals surface area contributed by atoms with Crippen molar-refractivity contribution in [2.24, 2.45) is 0 Å². The number of fused-ring (bicyclic) bond motifs is 2. The second-order valence-corrected chi connectivity index (χ2v) is 11.1. The maximum atomic E-state index is 13.2. The van der Waals surface area contributed by atoms with E-state index in [1.54, 1.807) is 17.7 Å². The van der Waals surface area contributed by atoms with Crippen molar-refractivity contribution < 1.29 is 4.79 Å². The molecule has 3 aromatic heterocycles. The molecule has 1 atom stereocenters. The van der Waals surface area contributed by atoms with Gasteiger partial charge in [-0.05, 0) is 57.6 Å². The van der Waals surface area contributed by atoms with E-state index in [9.17, 15) is 4.79 Å². The van der Waals surface area contributed by atoms with Gasteiger partial charge in [0.05, 0.1) is 29.9 Å². The van der Waals surface area contributed by atoms with Crippen LogP contribution in [0.3, 0.4) is 0 Å². The lowest BCUT2D eigenvalue weighted by Gasteiger charge is -2.36. The third-order valence-corrected chi connectivity index (χ3v) is 8.92. The third kappa shape index (κ3) is 4.65. The van der Waals surface area contributed by atoms with E-state index in [1.807, 2.05) is 9.70 Å². The van der Waals surface area contributed by atoms with Crippen LogP contribution in [0, 0.1) is 0 Å². The molecule has 0 bridgehead atoms. The topological polar surface area (TPSA) is 83.3 Å². The molecular weight excluding hydrogens is 460 g/mol. The van der Waals surface area contributed by atoms with Gasteiger partial charge >= 0.3 is 0 Å². The molecule has 1 amide bonds. The van der Waals surface area contributed by atoms with E-state index in [0.717, 1.165) is 87.4 Å². The fourth-order valence-corrected chi connectivity index (χ4v) is 6.66. The van der Waals surface area contributed by atoms with Crippen molar-refractivity contribution >= 4 is 33.3 Å². The molecule has 3 aromatic rings. The molecule has 0 radical (unpaired) electrons. The highest BCUT2D eigenvalue weighted by molar-refractivity contribution is 7.18. The summed E-state index contributed by atoms with van der Waals surface area (Å²) in [6.45, 7) is 7.52. The molecule has 1 aliphatic carbocycles. The number of hydrogen-bond acceptors (Lipinski definition) is 8. The van der Waals surface area contributed by atoms with Gasteiger partial charge in [0.2, 0.25) is 5.91 Å². The van der Waals surface area contributed by atoms with Crippen molar-refractivity contribution in [3.05, 3.63) is 28.7 Å². The van der Waals surface area contributed by atoms with E-state index in [0.29, 0.717) is 12.6 Å². The molecular formula is C25H34N8OS. The number of thiophene rings is 1. The summed E-state index contributed by atoms with van der Waals surface area (Å²) >= 11 is 1.75. The van der Waals surface area contributed by atoms with Gasteiger partial charge in [-0.1, -0.05) is 6.92 Å². The highest BCUT2D eigenvalue weighted by Gasteiger charge is 2.31. The minimum Gasteiger partial charge on any atom is -0.352 e. The van der Waals surface area contributed by atoms with Crippen molar-refractivity contribution in [1.82, 2.24) is 34.8 Å². The standard InChI is InChI=1S/C25H34N8OS/c1-2-19-14-20-24(26-17-27-25(20)35-19)31-12-10-30(11-13-31)23(34)16-32-9-5-6-18(32)15-33-28-21-7-3-4-8-22(21)29-33/h14,17-18H,2-13,15-16H2,1H3. The van der Waals surface area contributed by atoms with Crippen molar-refractivity contribution in [3.63, 3.8) is 0 Å². The quantitative estimate of drug-likeness (QED) is 0.521. The van der Waals surface area contributed by atoms with Crippen LogP contribution in [0.4, 0.5) is 5.82 Å². The average molecular weight is 495 g/mol. The second-order valence-electron chi connectivity index (χ2n) is 9.97. The minimum absolute atomic E-state index is 0.237. The van der Waals surface area contributed by atoms with Crippen molar-refractivity contribution in [3.8, 4) is 0 Å². The van der Waals surface area contributed by atoms with Crippen LogP contribution in [0.5, 0.6) is 0 Å². The summed E-state index contributed by atoms with van der Waals surface area (Å²) in [6.07, 6.45) is 9.48. The normalized spacial score (nSPS) is 21.1. The summed E-state index contributed by atoms with van der Waals surface area (Å²) in [6, 6.07) is 2.57. The Morgan fingerprint density at radius 3 is 2.54 bits per heavy atom. The number of aromatic nitrogens is 5. The van der Waals surface area contributed by atoms with E-state index >= 15 is 0 Å². The monoisotopic (exact) mass is 494 g/mol. The Kier molecular flexibility index (Phi) is 6.40. The zero-order valence-electron chi connectivity index (χ0n) is 20.5. The SMILES string of the molecule is CCc1cc2c(N3CCN(C(=O)CN4CCCC4Cn4nc5c(n4)CCCC5)CC3)ncnc2s1. The van der Waals surface area contributed by atoms with E-state index in [2.05, 4.69) is 32.8 Å². The Morgan fingerprint density at radius 1 is 1.03 bits per heavy atom. The molecule has 2 fully saturated rings. The molecule has 0 N–H and O–H groups in total. The van der Waals surface area contributed by atoms with Crippen LogP contribution in [0.1, 0.15) is 48.9 Å². The minimum atomic E-state index is 0.237. The van der Waals surface area contributed by atoms with Gasteiger partial charge in [-0.25, -0.2) is 9.97 Å². The van der Waals surface area contributed by atoms with Crippen LogP contribution < -0.4 is 4.90 Å². The molecule has 2 aliphatic heterocycles. The summed E-state index contributed by atoms with van der Waals surface area (Å²) in [5.41, 5.74) is 2.37. The van der Waals surface area contributed by atoms with Crippen LogP contribution >= 0.6 is 11.3 Å². The van der Waals surface area contributed by atoms with Gasteiger partial charge in [0, 0.05) is 37.1 Å². The molecule has 1 unspecified atom stereocenters. The van der Waals surface area contributed by atoms with Gasteiger partial charge in [-0.2, -0.15) is 15.0 Å². The van der Waals surface area contributed by atoms with Crippen LogP contribution in [0.2, 0.25) is 0 Å². The number of aryl methyl sites for hydroxylation is 3. The lowest BCUT2D eigenvalue weighted by Crippen LogP contribution is -2.52. The van der Waals surface area contributed by atoms with Gasteiger partial charge in [-0.15, -0.1) is 11.3 Å². The van der Waals surface area contributed by atoms with Crippen molar-refractivity contribution in [2.75, 3.05) is 44.2 Å². The van der Waals surface area contributed by atoms with Crippen LogP contribution in [0.25, 0.3) is 10.2 Å². The molecule has 3 aliphatic rings. The van der Waals surface area contributed by atoms with Crippen LogP contribution in [-0.4, -0.2) is 86.0 Å². The summed E-state index contributed by atoms with van der Waals surface area (Å²) < 4.78 is 0. The maximum Gasteiger partial charge on any atom is 0.236 e. The number of likely N-dealkylation sites (tertiary alicyclic amines) is 1. The molecule has 9 nitrogen and oxygen atoms in total. The Morgan fingerprint density at radius 2 is 1.80 bits per heavy atom. The van der Waals surface area contributed by atoms with E-state index in [1.165, 1.54) is 29.1 Å². The molecule has 0 saturated carbocycles. The Labute approximate surface area is 210 Å². The molecule has 0 aromatic carbocycles. The molecule has 10 heteroatoms. The first kappa shape index (κ1) is 22.8. The highest BCUT2D eigenvalue weighted by Crippen LogP contribution is 2.31. The lowest BCUT2D eigenvalue weighted by molar-refractivity contribution is -0.133. The second kappa shape index (κ2) is 9.81. The summed E-state index contributed by atoms with van der Waals surface area (Å²) in [4.78, 5) is 33.3. The van der Waals surface area contributed by atoms with Crippen LogP contribution in [0.15, 0.2) is 12.4 Å². The van der Waals surface area contributed by atoms with Gasteiger partial charge in [-0.3, -0.25) is 9.69 Å². The van der Waals surface area contributed by atoms with Gasteiger partial charge in [0.15, 0.2) is 0 Å². The Balaban J connectivity index is 1.05. The zero-order chi connectivity index (χ0) is 23.8. The number of carbonyl (C=O) groups excluding carboxylic acids is 1. The fourth-order valence-electron chi connectivity index (χ4n) is 5.73. The first-order valence-electron chi connectivity index (χ1n) is 13.1. The van der Waals surface area contributed by atoms with Crippen molar-refractivity contribution in [1.29, 1.82) is 0 Å². The maximum absolute atomic E-state index is 13.2. The Bertz CT molecular complexity index is 1170. The molecule has 35 heavy (non-hydrogen) atoms. The first-order valence-corrected chi connectivity index (χ1v) is 13.9. The number of anilines is 1. The molecule has 2 saturated heterocycles. The number of piperazine rings is 1. The fraction of sp³-hybridized carbons (Fsp3) is 0.640. The Hall–Kier alpha value is -2.59. The van der Waals surface area contributed by atoms with Gasteiger partial charge in [0.1, 0.15) is 17.0 Å². The number of rotatable bonds is 6. The van der Waals surface area contributed by atoms with Crippen LogP contribution in [-0.2, 0) is 30.6 Å². The molecule has 186 valence electrons. The third-order valence-electron chi connectivity index (χ3n) is 7.73. The summed E-state index contributed by atoms with van der Waals surface area (Å²) in [5, 5.41) is 10.6. The zero-order valence-corrected chi connectivity index (χ0v) is 21.3. The van der Waals surface area contributed by atoms with Crippen molar-refractivity contribution in [2.45, 2.75) is 64.5 Å². The molecule has 0 spiro atoms. The average Bonchev–Trinajstić information content (AvgIpc) is 3.62. The van der Waals surface area contributed by atoms with E-state index in [4.69, 9.17) is 10.2 Å². The summed E-state index contributed by atoms with van der Waals surface area (Å²) in [7, 11) is 0. The highest BCUT2D eigenvalue weighted by atomic mass is 32.1. The van der Waals surface area contributed by atoms with Gasteiger partial charge in [0.25, 0.3) is 0 Å². The number of amides is 1. The lowest BCUT2D eigenvalue weighted by atomic mass is 10.0. The van der Waals surface area contributed by atoms with E-state index in [-0.39, 0.29) is 5.91 Å². The van der Waals surface area contributed by atoms with Gasteiger partial charge < -0.3 is 9.80 Å². The number of carbonyl (C=O) groups is 1. The number of nitrogens with zero attached hydrogens (tertiary/aromatic N) is 8. The largest absolute Gasteiger partial charge is 0.352 e. The smallest absolute Gasteiger partial charge is 0.236 e. The first-order chi connectivity index (χ1) is 17.2. The van der Waals surface area contributed by atoms with E-state index < -0.39 is 0 Å². The number of hydrogen-bond donors (Lipinski definition) is 0. The summed E-state index contributed by atoms with van der Waals surface area (Å²) in [5.74, 6) is 1.24. The predicted molar refractivity (Wildman–Crippen MR) is 137 cm³/mol. The molecule has 6 rings (SSSR count).